The van der Waals surface area contributed by atoms with Crippen molar-refractivity contribution in [1.82, 2.24) is 10.1 Å². The first-order valence-electron chi connectivity index (χ1n) is 5.32. The zero-order valence-corrected chi connectivity index (χ0v) is 9.19. The van der Waals surface area contributed by atoms with E-state index in [1.54, 1.807) is 7.11 Å². The molecule has 2 rings (SSSR count). The summed E-state index contributed by atoms with van der Waals surface area (Å²) in [5.41, 5.74) is 5.70. The molecule has 1 aliphatic rings. The number of rotatable bonds is 4. The van der Waals surface area contributed by atoms with Gasteiger partial charge >= 0.3 is 0 Å². The standard InChI is InChI=1S/C10H17N3O2/c1-3-4-8-12-9(13-15-8)10(11)5-7(6-10)14-2/h7H,3-6,11H2,1-2H3. The lowest BCUT2D eigenvalue weighted by atomic mass is 9.74. The summed E-state index contributed by atoms with van der Waals surface area (Å²) in [6, 6.07) is 0. The maximum Gasteiger partial charge on any atom is 0.226 e. The Morgan fingerprint density at radius 1 is 1.60 bits per heavy atom. The predicted octanol–water partition coefficient (Wildman–Crippen LogP) is 0.985. The monoisotopic (exact) mass is 211 g/mol. The molecule has 15 heavy (non-hydrogen) atoms. The van der Waals surface area contributed by atoms with Crippen LogP contribution in [-0.4, -0.2) is 23.4 Å². The van der Waals surface area contributed by atoms with E-state index in [4.69, 9.17) is 15.0 Å². The topological polar surface area (TPSA) is 74.2 Å². The van der Waals surface area contributed by atoms with Crippen molar-refractivity contribution in [3.63, 3.8) is 0 Å². The van der Waals surface area contributed by atoms with Crippen molar-refractivity contribution < 1.29 is 9.26 Å². The molecule has 0 aliphatic heterocycles. The van der Waals surface area contributed by atoms with E-state index >= 15 is 0 Å². The van der Waals surface area contributed by atoms with Gasteiger partial charge in [-0.25, -0.2) is 0 Å². The highest BCUT2D eigenvalue weighted by Crippen LogP contribution is 2.38. The smallest absolute Gasteiger partial charge is 0.226 e. The number of nitrogens with two attached hydrogens (primary N) is 1. The summed E-state index contributed by atoms with van der Waals surface area (Å²) in [7, 11) is 1.70. The van der Waals surface area contributed by atoms with Gasteiger partial charge in [0, 0.05) is 13.5 Å². The van der Waals surface area contributed by atoms with Crippen LogP contribution in [-0.2, 0) is 16.7 Å². The lowest BCUT2D eigenvalue weighted by Crippen LogP contribution is -2.53. The number of aryl methyl sites for hydroxylation is 1. The molecule has 0 aromatic carbocycles. The van der Waals surface area contributed by atoms with Gasteiger partial charge in [0.05, 0.1) is 11.6 Å². The first-order valence-corrected chi connectivity index (χ1v) is 5.32. The molecule has 84 valence electrons. The van der Waals surface area contributed by atoms with Crippen LogP contribution in [0.25, 0.3) is 0 Å². The minimum Gasteiger partial charge on any atom is -0.381 e. The van der Waals surface area contributed by atoms with E-state index in [0.29, 0.717) is 11.7 Å². The third kappa shape index (κ3) is 1.89. The number of ether oxygens (including phenoxy) is 1. The number of nitrogens with zero attached hydrogens (tertiary/aromatic N) is 2. The maximum atomic E-state index is 6.13. The van der Waals surface area contributed by atoms with E-state index in [1.807, 2.05) is 0 Å². The van der Waals surface area contributed by atoms with Crippen LogP contribution in [0.4, 0.5) is 0 Å². The first kappa shape index (κ1) is 10.6. The Hall–Kier alpha value is -0.940. The van der Waals surface area contributed by atoms with Crippen molar-refractivity contribution >= 4 is 0 Å². The fourth-order valence-electron chi connectivity index (χ4n) is 1.87. The molecule has 1 heterocycles. The summed E-state index contributed by atoms with van der Waals surface area (Å²) in [4.78, 5) is 4.30. The van der Waals surface area contributed by atoms with Crippen molar-refractivity contribution in [1.29, 1.82) is 0 Å². The molecule has 0 amide bonds. The Labute approximate surface area is 89.0 Å². The maximum absolute atomic E-state index is 6.13. The van der Waals surface area contributed by atoms with Gasteiger partial charge in [0.2, 0.25) is 5.89 Å². The molecule has 0 radical (unpaired) electrons. The van der Waals surface area contributed by atoms with E-state index in [-0.39, 0.29) is 6.10 Å². The number of aromatic nitrogens is 2. The van der Waals surface area contributed by atoms with Crippen LogP contribution in [0, 0.1) is 0 Å². The zero-order chi connectivity index (χ0) is 10.9. The van der Waals surface area contributed by atoms with Gasteiger partial charge < -0.3 is 15.0 Å². The molecule has 5 nitrogen and oxygen atoms in total. The van der Waals surface area contributed by atoms with Crippen molar-refractivity contribution in [2.75, 3.05) is 7.11 Å². The largest absolute Gasteiger partial charge is 0.381 e. The summed E-state index contributed by atoms with van der Waals surface area (Å²) < 4.78 is 10.3. The molecule has 0 spiro atoms. The summed E-state index contributed by atoms with van der Waals surface area (Å²) in [6.07, 6.45) is 3.60. The number of methoxy groups -OCH3 is 1. The SMILES string of the molecule is CCCc1nc(C2(N)CC(OC)C2)no1. The molecule has 1 saturated carbocycles. The Morgan fingerprint density at radius 2 is 2.33 bits per heavy atom. The van der Waals surface area contributed by atoms with E-state index in [1.165, 1.54) is 0 Å². The zero-order valence-electron chi connectivity index (χ0n) is 9.19. The van der Waals surface area contributed by atoms with E-state index in [2.05, 4.69) is 17.1 Å². The van der Waals surface area contributed by atoms with Crippen LogP contribution in [0.3, 0.4) is 0 Å². The quantitative estimate of drug-likeness (QED) is 0.803. The molecular weight excluding hydrogens is 194 g/mol. The van der Waals surface area contributed by atoms with Crippen molar-refractivity contribution in [3.05, 3.63) is 11.7 Å². The minimum absolute atomic E-state index is 0.239. The van der Waals surface area contributed by atoms with E-state index in [0.717, 1.165) is 25.7 Å². The van der Waals surface area contributed by atoms with Crippen LogP contribution < -0.4 is 5.73 Å². The molecule has 2 N–H and O–H groups in total. The molecule has 5 heteroatoms. The average Bonchev–Trinajstić information content (AvgIpc) is 2.62. The first-order chi connectivity index (χ1) is 7.18. The highest BCUT2D eigenvalue weighted by atomic mass is 16.5. The lowest BCUT2D eigenvalue weighted by Gasteiger charge is -2.41. The van der Waals surface area contributed by atoms with Crippen LogP contribution in [0.15, 0.2) is 4.52 Å². The molecule has 0 bridgehead atoms. The molecule has 0 saturated heterocycles. The van der Waals surface area contributed by atoms with Crippen LogP contribution in [0.1, 0.15) is 37.9 Å². The Kier molecular flexibility index (Phi) is 2.75. The van der Waals surface area contributed by atoms with Gasteiger partial charge in [-0.15, -0.1) is 0 Å². The van der Waals surface area contributed by atoms with Gasteiger partial charge in [-0.1, -0.05) is 12.1 Å². The van der Waals surface area contributed by atoms with Crippen molar-refractivity contribution in [2.45, 2.75) is 44.2 Å². The van der Waals surface area contributed by atoms with Crippen molar-refractivity contribution in [2.24, 2.45) is 5.73 Å². The fourth-order valence-corrected chi connectivity index (χ4v) is 1.87. The third-order valence-corrected chi connectivity index (χ3v) is 2.89. The van der Waals surface area contributed by atoms with Crippen LogP contribution in [0.5, 0.6) is 0 Å². The molecule has 1 fully saturated rings. The summed E-state index contributed by atoms with van der Waals surface area (Å²) >= 11 is 0. The van der Waals surface area contributed by atoms with Gasteiger partial charge in [0.15, 0.2) is 5.82 Å². The van der Waals surface area contributed by atoms with Gasteiger partial charge in [0.1, 0.15) is 0 Å². The lowest BCUT2D eigenvalue weighted by molar-refractivity contribution is -0.0202. The normalized spacial score (nSPS) is 30.2. The molecule has 1 aromatic heterocycles. The van der Waals surface area contributed by atoms with Gasteiger partial charge in [-0.2, -0.15) is 4.98 Å². The molecule has 0 atom stereocenters. The minimum atomic E-state index is -0.434. The van der Waals surface area contributed by atoms with Crippen LogP contribution in [0.2, 0.25) is 0 Å². The second kappa shape index (κ2) is 3.90. The highest BCUT2D eigenvalue weighted by Gasteiger charge is 2.46. The number of hydrogen-bond acceptors (Lipinski definition) is 5. The van der Waals surface area contributed by atoms with Crippen molar-refractivity contribution in [3.8, 4) is 0 Å². The summed E-state index contributed by atoms with van der Waals surface area (Å²) in [5, 5.41) is 3.93. The molecule has 0 unspecified atom stereocenters. The second-order valence-corrected chi connectivity index (χ2v) is 4.18. The Morgan fingerprint density at radius 3 is 2.93 bits per heavy atom. The summed E-state index contributed by atoms with van der Waals surface area (Å²) in [6.45, 7) is 2.08. The summed E-state index contributed by atoms with van der Waals surface area (Å²) in [5.74, 6) is 1.30. The number of hydrogen-bond donors (Lipinski definition) is 1. The highest BCUT2D eigenvalue weighted by molar-refractivity contribution is 5.12. The van der Waals surface area contributed by atoms with Crippen LogP contribution >= 0.6 is 0 Å². The Bertz CT molecular complexity index is 331. The predicted molar refractivity (Wildman–Crippen MR) is 54.2 cm³/mol. The van der Waals surface area contributed by atoms with E-state index < -0.39 is 5.54 Å². The third-order valence-electron chi connectivity index (χ3n) is 2.89. The second-order valence-electron chi connectivity index (χ2n) is 4.18. The Balaban J connectivity index is 2.03. The van der Waals surface area contributed by atoms with E-state index in [9.17, 15) is 0 Å². The molecule has 1 aliphatic carbocycles. The van der Waals surface area contributed by atoms with Gasteiger partial charge in [-0.3, -0.25) is 0 Å². The molecular formula is C10H17N3O2. The van der Waals surface area contributed by atoms with Gasteiger partial charge in [0.25, 0.3) is 0 Å². The molecule has 1 aromatic rings. The fraction of sp³-hybridized carbons (Fsp3) is 0.800. The van der Waals surface area contributed by atoms with Gasteiger partial charge in [-0.05, 0) is 19.3 Å². The average molecular weight is 211 g/mol.